The maximum Gasteiger partial charge on any atom is 0.246 e. The van der Waals surface area contributed by atoms with E-state index in [0.717, 1.165) is 0 Å². The number of furan rings is 1. The van der Waals surface area contributed by atoms with E-state index in [1.165, 1.54) is 4.31 Å². The highest BCUT2D eigenvalue weighted by Crippen LogP contribution is 2.25. The summed E-state index contributed by atoms with van der Waals surface area (Å²) < 4.78 is 32.0. The summed E-state index contributed by atoms with van der Waals surface area (Å²) in [5.74, 6) is 1.32. The van der Waals surface area contributed by atoms with Gasteiger partial charge in [0.25, 0.3) is 0 Å². The third-order valence-electron chi connectivity index (χ3n) is 3.47. The van der Waals surface area contributed by atoms with Crippen LogP contribution in [-0.2, 0) is 16.6 Å². The van der Waals surface area contributed by atoms with Gasteiger partial charge in [0.1, 0.15) is 16.4 Å². The number of hydrogen-bond acceptors (Lipinski definition) is 4. The molecular formula is C13H24N2O3S. The van der Waals surface area contributed by atoms with Crippen molar-refractivity contribution < 1.29 is 12.8 Å². The number of sulfonamides is 1. The molecule has 0 aromatic carbocycles. The average Bonchev–Trinajstić information content (AvgIpc) is 2.69. The molecule has 0 amide bonds. The van der Waals surface area contributed by atoms with Gasteiger partial charge in [0, 0.05) is 19.2 Å². The van der Waals surface area contributed by atoms with Crippen LogP contribution in [-0.4, -0.2) is 32.9 Å². The van der Waals surface area contributed by atoms with Crippen LogP contribution in [0.1, 0.15) is 32.3 Å². The third kappa shape index (κ3) is 3.38. The van der Waals surface area contributed by atoms with Crippen molar-refractivity contribution in [3.8, 4) is 0 Å². The Hall–Kier alpha value is -0.850. The number of nitrogens with one attached hydrogen (secondary N) is 1. The molecule has 0 aliphatic rings. The average molecular weight is 288 g/mol. The number of hydrogen-bond donors (Lipinski definition) is 1. The molecule has 0 fully saturated rings. The van der Waals surface area contributed by atoms with Gasteiger partial charge in [-0.2, -0.15) is 4.31 Å². The van der Waals surface area contributed by atoms with E-state index in [0.29, 0.717) is 18.1 Å². The van der Waals surface area contributed by atoms with Crippen molar-refractivity contribution in [2.24, 2.45) is 5.92 Å². The SMILES string of the molecule is CNCc1cc(S(=O)(=O)N(C)C(C)C(C)C)c(C)o1. The molecule has 0 aliphatic carbocycles. The quantitative estimate of drug-likeness (QED) is 0.869. The standard InChI is InChI=1S/C13H24N2O3S/c1-9(2)10(3)15(6)19(16,17)13-7-12(8-14-5)18-11(13)4/h7,9-10,14H,8H2,1-6H3. The van der Waals surface area contributed by atoms with E-state index in [2.05, 4.69) is 5.32 Å². The molecule has 0 bridgehead atoms. The summed E-state index contributed by atoms with van der Waals surface area (Å²) in [4.78, 5) is 0.257. The highest BCUT2D eigenvalue weighted by molar-refractivity contribution is 7.89. The lowest BCUT2D eigenvalue weighted by Gasteiger charge is -2.26. The predicted octanol–water partition coefficient (Wildman–Crippen LogP) is 1.97. The van der Waals surface area contributed by atoms with Crippen LogP contribution in [0.25, 0.3) is 0 Å². The Balaban J connectivity index is 3.13. The van der Waals surface area contributed by atoms with Crippen LogP contribution >= 0.6 is 0 Å². The summed E-state index contributed by atoms with van der Waals surface area (Å²) in [6.45, 7) is 8.11. The molecule has 1 aromatic rings. The van der Waals surface area contributed by atoms with Crippen molar-refractivity contribution in [1.82, 2.24) is 9.62 Å². The van der Waals surface area contributed by atoms with Gasteiger partial charge < -0.3 is 9.73 Å². The zero-order valence-corrected chi connectivity index (χ0v) is 13.3. The van der Waals surface area contributed by atoms with Crippen LogP contribution in [0.2, 0.25) is 0 Å². The molecule has 19 heavy (non-hydrogen) atoms. The van der Waals surface area contributed by atoms with Crippen molar-refractivity contribution >= 4 is 10.0 Å². The van der Waals surface area contributed by atoms with E-state index < -0.39 is 10.0 Å². The topological polar surface area (TPSA) is 62.6 Å². The molecule has 1 heterocycles. The Kier molecular flexibility index (Phi) is 5.18. The van der Waals surface area contributed by atoms with E-state index in [1.807, 2.05) is 20.8 Å². The molecule has 0 saturated carbocycles. The van der Waals surface area contributed by atoms with Crippen molar-refractivity contribution in [2.75, 3.05) is 14.1 Å². The second-order valence-corrected chi connectivity index (χ2v) is 7.14. The van der Waals surface area contributed by atoms with Crippen LogP contribution in [0.4, 0.5) is 0 Å². The summed E-state index contributed by atoms with van der Waals surface area (Å²) in [7, 11) is -0.0937. The van der Waals surface area contributed by atoms with E-state index in [1.54, 1.807) is 27.1 Å². The van der Waals surface area contributed by atoms with E-state index in [-0.39, 0.29) is 16.9 Å². The zero-order chi connectivity index (χ0) is 14.8. The Morgan fingerprint density at radius 3 is 2.42 bits per heavy atom. The smallest absolute Gasteiger partial charge is 0.246 e. The highest BCUT2D eigenvalue weighted by atomic mass is 32.2. The van der Waals surface area contributed by atoms with Gasteiger partial charge in [-0.1, -0.05) is 13.8 Å². The van der Waals surface area contributed by atoms with Crippen molar-refractivity contribution in [2.45, 2.75) is 45.2 Å². The lowest BCUT2D eigenvalue weighted by atomic mass is 10.1. The molecular weight excluding hydrogens is 264 g/mol. The van der Waals surface area contributed by atoms with Crippen LogP contribution < -0.4 is 5.32 Å². The van der Waals surface area contributed by atoms with Gasteiger partial charge >= 0.3 is 0 Å². The molecule has 1 aromatic heterocycles. The van der Waals surface area contributed by atoms with Gasteiger partial charge in [0.05, 0.1) is 6.54 Å². The first-order valence-electron chi connectivity index (χ1n) is 6.43. The molecule has 0 radical (unpaired) electrons. The molecule has 6 heteroatoms. The molecule has 1 rings (SSSR count). The van der Waals surface area contributed by atoms with Gasteiger partial charge in [-0.25, -0.2) is 8.42 Å². The zero-order valence-electron chi connectivity index (χ0n) is 12.5. The lowest BCUT2D eigenvalue weighted by Crippen LogP contribution is -2.38. The fourth-order valence-corrected chi connectivity index (χ4v) is 3.51. The monoisotopic (exact) mass is 288 g/mol. The van der Waals surface area contributed by atoms with Gasteiger partial charge in [-0.05, 0) is 26.8 Å². The molecule has 5 nitrogen and oxygen atoms in total. The summed E-state index contributed by atoms with van der Waals surface area (Å²) >= 11 is 0. The van der Waals surface area contributed by atoms with Gasteiger partial charge in [0.2, 0.25) is 10.0 Å². The predicted molar refractivity (Wildman–Crippen MR) is 75.5 cm³/mol. The fourth-order valence-electron chi connectivity index (χ4n) is 1.84. The molecule has 0 aliphatic heterocycles. The maximum atomic E-state index is 12.6. The second-order valence-electron chi connectivity index (χ2n) is 5.17. The largest absolute Gasteiger partial charge is 0.464 e. The van der Waals surface area contributed by atoms with Gasteiger partial charge in [-0.15, -0.1) is 0 Å². The maximum absolute atomic E-state index is 12.6. The minimum atomic E-state index is -3.50. The molecule has 1 atom stereocenters. The van der Waals surface area contributed by atoms with E-state index in [4.69, 9.17) is 4.42 Å². The van der Waals surface area contributed by atoms with Crippen LogP contribution in [0.5, 0.6) is 0 Å². The van der Waals surface area contributed by atoms with Gasteiger partial charge in [-0.3, -0.25) is 0 Å². The first-order chi connectivity index (χ1) is 8.71. The lowest BCUT2D eigenvalue weighted by molar-refractivity contribution is 0.315. The summed E-state index contributed by atoms with van der Waals surface area (Å²) in [6.07, 6.45) is 0. The van der Waals surface area contributed by atoms with Gasteiger partial charge in [0.15, 0.2) is 0 Å². The number of rotatable bonds is 6. The van der Waals surface area contributed by atoms with Crippen LogP contribution in [0, 0.1) is 12.8 Å². The summed E-state index contributed by atoms with van der Waals surface area (Å²) in [5, 5.41) is 2.94. The Morgan fingerprint density at radius 2 is 1.95 bits per heavy atom. The number of nitrogens with zero attached hydrogens (tertiary/aromatic N) is 1. The minimum absolute atomic E-state index is 0.0629. The molecule has 0 saturated heterocycles. The first kappa shape index (κ1) is 16.2. The summed E-state index contributed by atoms with van der Waals surface area (Å²) in [6, 6.07) is 1.54. The van der Waals surface area contributed by atoms with Crippen LogP contribution in [0.3, 0.4) is 0 Å². The Morgan fingerprint density at radius 1 is 1.37 bits per heavy atom. The molecule has 1 unspecified atom stereocenters. The highest BCUT2D eigenvalue weighted by Gasteiger charge is 2.30. The van der Waals surface area contributed by atoms with Crippen molar-refractivity contribution in [1.29, 1.82) is 0 Å². The van der Waals surface area contributed by atoms with E-state index >= 15 is 0 Å². The first-order valence-corrected chi connectivity index (χ1v) is 7.87. The Bertz CT molecular complexity index is 520. The minimum Gasteiger partial charge on any atom is -0.464 e. The second kappa shape index (κ2) is 6.07. The molecule has 1 N–H and O–H groups in total. The normalized spacial score (nSPS) is 14.3. The van der Waals surface area contributed by atoms with Crippen molar-refractivity contribution in [3.63, 3.8) is 0 Å². The van der Waals surface area contributed by atoms with E-state index in [9.17, 15) is 8.42 Å². The van der Waals surface area contributed by atoms with Crippen molar-refractivity contribution in [3.05, 3.63) is 17.6 Å². The summed E-state index contributed by atoms with van der Waals surface area (Å²) in [5.41, 5.74) is 0. The molecule has 110 valence electrons. The fraction of sp³-hybridized carbons (Fsp3) is 0.692. The third-order valence-corrected chi connectivity index (χ3v) is 5.52. The Labute approximate surface area is 116 Å². The number of aryl methyl sites for hydroxylation is 1. The van der Waals surface area contributed by atoms with Crippen LogP contribution in [0.15, 0.2) is 15.4 Å². The molecule has 0 spiro atoms.